The van der Waals surface area contributed by atoms with Gasteiger partial charge in [-0.1, -0.05) is 12.1 Å². The minimum atomic E-state index is -3.93. The van der Waals surface area contributed by atoms with Crippen LogP contribution in [0, 0.1) is 5.82 Å². The fourth-order valence-electron chi connectivity index (χ4n) is 1.66. The summed E-state index contributed by atoms with van der Waals surface area (Å²) in [5.41, 5.74) is 0.344. The molecule has 0 atom stereocenters. The lowest BCUT2D eigenvalue weighted by Crippen LogP contribution is -2.14. The van der Waals surface area contributed by atoms with Gasteiger partial charge in [-0.05, 0) is 43.3 Å². The van der Waals surface area contributed by atoms with E-state index in [-0.39, 0.29) is 4.90 Å². The molecule has 20 heavy (non-hydrogen) atoms. The molecular formula is C14H14FNO3S. The molecule has 0 bridgehead atoms. The molecule has 0 fully saturated rings. The van der Waals surface area contributed by atoms with E-state index in [2.05, 4.69) is 4.72 Å². The lowest BCUT2D eigenvalue weighted by Gasteiger charge is -2.09. The summed E-state index contributed by atoms with van der Waals surface area (Å²) in [5.74, 6) is -0.146. The lowest BCUT2D eigenvalue weighted by atomic mass is 10.3. The van der Waals surface area contributed by atoms with Gasteiger partial charge in [-0.15, -0.1) is 0 Å². The molecule has 6 heteroatoms. The molecule has 0 aliphatic carbocycles. The Bertz CT molecular complexity index is 684. The highest BCUT2D eigenvalue weighted by Gasteiger charge is 2.18. The van der Waals surface area contributed by atoms with Crippen LogP contribution in [0.25, 0.3) is 0 Å². The zero-order valence-corrected chi connectivity index (χ0v) is 11.7. The molecule has 0 heterocycles. The van der Waals surface area contributed by atoms with Gasteiger partial charge < -0.3 is 4.74 Å². The van der Waals surface area contributed by atoms with Gasteiger partial charge in [-0.3, -0.25) is 4.72 Å². The summed E-state index contributed by atoms with van der Waals surface area (Å²) in [4.78, 5) is -0.381. The van der Waals surface area contributed by atoms with Crippen LogP contribution in [0.5, 0.6) is 5.75 Å². The summed E-state index contributed by atoms with van der Waals surface area (Å²) < 4.78 is 45.2. The summed E-state index contributed by atoms with van der Waals surface area (Å²) in [7, 11) is -3.93. The molecule has 0 amide bonds. The normalized spacial score (nSPS) is 11.1. The molecule has 106 valence electrons. The van der Waals surface area contributed by atoms with Gasteiger partial charge >= 0.3 is 0 Å². The quantitative estimate of drug-likeness (QED) is 0.922. The van der Waals surface area contributed by atoms with Crippen LogP contribution < -0.4 is 9.46 Å². The number of ether oxygens (including phenoxy) is 1. The molecule has 0 aromatic heterocycles. The average molecular weight is 295 g/mol. The SMILES string of the molecule is CCOc1ccc(NS(=O)(=O)c2ccccc2F)cc1. The average Bonchev–Trinajstić information content (AvgIpc) is 2.41. The van der Waals surface area contributed by atoms with Crippen molar-refractivity contribution in [3.05, 3.63) is 54.3 Å². The number of hydrogen-bond acceptors (Lipinski definition) is 3. The molecule has 2 aromatic carbocycles. The van der Waals surface area contributed by atoms with E-state index in [0.717, 1.165) is 6.07 Å². The molecule has 4 nitrogen and oxygen atoms in total. The molecule has 0 aliphatic heterocycles. The van der Waals surface area contributed by atoms with Crippen LogP contribution in [0.15, 0.2) is 53.4 Å². The largest absolute Gasteiger partial charge is 0.494 e. The molecule has 0 unspecified atom stereocenters. The van der Waals surface area contributed by atoms with E-state index in [1.807, 2.05) is 6.92 Å². The number of benzene rings is 2. The third-order valence-corrected chi connectivity index (χ3v) is 3.96. The van der Waals surface area contributed by atoms with E-state index < -0.39 is 15.8 Å². The number of halogens is 1. The molecular weight excluding hydrogens is 281 g/mol. The summed E-state index contributed by atoms with van der Waals surface area (Å²) in [6, 6.07) is 11.6. The van der Waals surface area contributed by atoms with Crippen molar-refractivity contribution in [2.24, 2.45) is 0 Å². The number of hydrogen-bond donors (Lipinski definition) is 1. The molecule has 0 radical (unpaired) electrons. The summed E-state index contributed by atoms with van der Waals surface area (Å²) in [5, 5.41) is 0. The Labute approximate surface area is 117 Å². The van der Waals surface area contributed by atoms with Gasteiger partial charge in [0.25, 0.3) is 10.0 Å². The van der Waals surface area contributed by atoms with Gasteiger partial charge in [0.15, 0.2) is 0 Å². The Morgan fingerprint density at radius 2 is 1.75 bits per heavy atom. The predicted molar refractivity (Wildman–Crippen MR) is 74.8 cm³/mol. The zero-order chi connectivity index (χ0) is 14.6. The van der Waals surface area contributed by atoms with Gasteiger partial charge in [0.1, 0.15) is 16.5 Å². The van der Waals surface area contributed by atoms with Gasteiger partial charge in [-0.25, -0.2) is 12.8 Å². The maximum absolute atomic E-state index is 13.5. The van der Waals surface area contributed by atoms with Crippen molar-refractivity contribution < 1.29 is 17.5 Å². The maximum atomic E-state index is 13.5. The Hall–Kier alpha value is -2.08. The first kappa shape index (κ1) is 14.3. The van der Waals surface area contributed by atoms with Gasteiger partial charge in [0.05, 0.1) is 6.61 Å². The molecule has 2 rings (SSSR count). The maximum Gasteiger partial charge on any atom is 0.264 e. The number of nitrogens with one attached hydrogen (secondary N) is 1. The third-order valence-electron chi connectivity index (χ3n) is 2.54. The van der Waals surface area contributed by atoms with Crippen LogP contribution in [0.2, 0.25) is 0 Å². The van der Waals surface area contributed by atoms with Crippen molar-refractivity contribution in [1.82, 2.24) is 0 Å². The molecule has 0 saturated carbocycles. The smallest absolute Gasteiger partial charge is 0.264 e. The van der Waals surface area contributed by atoms with Crippen molar-refractivity contribution in [1.29, 1.82) is 0 Å². The van der Waals surface area contributed by atoms with Gasteiger partial charge in [0.2, 0.25) is 0 Å². The number of sulfonamides is 1. The standard InChI is InChI=1S/C14H14FNO3S/c1-2-19-12-9-7-11(8-10-12)16-20(17,18)14-6-4-3-5-13(14)15/h3-10,16H,2H2,1H3. The van der Waals surface area contributed by atoms with Crippen LogP contribution in [-0.4, -0.2) is 15.0 Å². The highest BCUT2D eigenvalue weighted by Crippen LogP contribution is 2.20. The Morgan fingerprint density at radius 1 is 1.10 bits per heavy atom. The van der Waals surface area contributed by atoms with E-state index in [0.29, 0.717) is 18.0 Å². The first-order valence-corrected chi connectivity index (χ1v) is 7.51. The van der Waals surface area contributed by atoms with Crippen molar-refractivity contribution in [3.63, 3.8) is 0 Å². The summed E-state index contributed by atoms with van der Waals surface area (Å²) in [6.07, 6.45) is 0. The number of anilines is 1. The molecule has 0 aliphatic rings. The van der Waals surface area contributed by atoms with E-state index in [4.69, 9.17) is 4.74 Å². The molecule has 1 N–H and O–H groups in total. The second kappa shape index (κ2) is 5.92. The fourth-order valence-corrected chi connectivity index (χ4v) is 2.80. The van der Waals surface area contributed by atoms with E-state index >= 15 is 0 Å². The monoisotopic (exact) mass is 295 g/mol. The van der Waals surface area contributed by atoms with E-state index in [1.165, 1.54) is 18.2 Å². The number of rotatable bonds is 5. The molecule has 2 aromatic rings. The van der Waals surface area contributed by atoms with Crippen LogP contribution >= 0.6 is 0 Å². The Kier molecular flexibility index (Phi) is 4.24. The summed E-state index contributed by atoms with van der Waals surface area (Å²) in [6.45, 7) is 2.38. The van der Waals surface area contributed by atoms with Crippen molar-refractivity contribution >= 4 is 15.7 Å². The van der Waals surface area contributed by atoms with Gasteiger partial charge in [0, 0.05) is 5.69 Å². The van der Waals surface area contributed by atoms with Crippen molar-refractivity contribution in [2.45, 2.75) is 11.8 Å². The van der Waals surface area contributed by atoms with Crippen molar-refractivity contribution in [3.8, 4) is 5.75 Å². The van der Waals surface area contributed by atoms with Crippen LogP contribution in [0.3, 0.4) is 0 Å². The second-order valence-electron chi connectivity index (χ2n) is 3.99. The van der Waals surface area contributed by atoms with Crippen LogP contribution in [0.4, 0.5) is 10.1 Å². The fraction of sp³-hybridized carbons (Fsp3) is 0.143. The van der Waals surface area contributed by atoms with E-state index in [9.17, 15) is 12.8 Å². The third kappa shape index (κ3) is 3.27. The highest BCUT2D eigenvalue weighted by molar-refractivity contribution is 7.92. The second-order valence-corrected chi connectivity index (χ2v) is 5.64. The predicted octanol–water partition coefficient (Wildman–Crippen LogP) is 3.03. The topological polar surface area (TPSA) is 55.4 Å². The minimum Gasteiger partial charge on any atom is -0.494 e. The van der Waals surface area contributed by atoms with Crippen molar-refractivity contribution in [2.75, 3.05) is 11.3 Å². The van der Waals surface area contributed by atoms with Crippen LogP contribution in [-0.2, 0) is 10.0 Å². The first-order chi connectivity index (χ1) is 9.53. The lowest BCUT2D eigenvalue weighted by molar-refractivity contribution is 0.340. The Balaban J connectivity index is 2.22. The Morgan fingerprint density at radius 3 is 2.35 bits per heavy atom. The zero-order valence-electron chi connectivity index (χ0n) is 10.8. The molecule has 0 spiro atoms. The van der Waals surface area contributed by atoms with Crippen LogP contribution in [0.1, 0.15) is 6.92 Å². The van der Waals surface area contributed by atoms with Gasteiger partial charge in [-0.2, -0.15) is 0 Å². The van der Waals surface area contributed by atoms with E-state index in [1.54, 1.807) is 24.3 Å². The highest BCUT2D eigenvalue weighted by atomic mass is 32.2. The first-order valence-electron chi connectivity index (χ1n) is 6.03. The minimum absolute atomic E-state index is 0.344. The molecule has 0 saturated heterocycles. The summed E-state index contributed by atoms with van der Waals surface area (Å²) >= 11 is 0.